The van der Waals surface area contributed by atoms with Gasteiger partial charge in [-0.05, 0) is 28.1 Å². The van der Waals surface area contributed by atoms with Gasteiger partial charge in [-0.15, -0.1) is 24.0 Å². The average molecular weight is 261 g/mol. The van der Waals surface area contributed by atoms with Gasteiger partial charge in [0, 0.05) is 20.1 Å². The van der Waals surface area contributed by atoms with Crippen molar-refractivity contribution < 1.29 is 5.11 Å². The van der Waals surface area contributed by atoms with Crippen LogP contribution in [0.2, 0.25) is 0 Å². The summed E-state index contributed by atoms with van der Waals surface area (Å²) in [6, 6.07) is 3.50. The molecule has 1 aromatic heterocycles. The highest BCUT2D eigenvalue weighted by Gasteiger charge is 2.08. The molecular weight excluding hydrogens is 256 g/mol. The van der Waals surface area contributed by atoms with Crippen molar-refractivity contribution in [3.63, 3.8) is 0 Å². The van der Waals surface area contributed by atoms with Gasteiger partial charge in [-0.2, -0.15) is 0 Å². The van der Waals surface area contributed by atoms with Gasteiger partial charge in [0.2, 0.25) is 0 Å². The molecule has 1 nitrogen and oxygen atoms in total. The van der Waals surface area contributed by atoms with Gasteiger partial charge in [0.25, 0.3) is 0 Å². The molecule has 0 saturated carbocycles. The Morgan fingerprint density at radius 3 is 2.83 bits per heavy atom. The topological polar surface area (TPSA) is 20.2 Å². The summed E-state index contributed by atoms with van der Waals surface area (Å²) in [4.78, 5) is 0.828. The van der Waals surface area contributed by atoms with Crippen molar-refractivity contribution in [2.45, 2.75) is 4.90 Å². The van der Waals surface area contributed by atoms with E-state index in [-0.39, 0.29) is 0 Å². The van der Waals surface area contributed by atoms with Crippen LogP contribution in [0.3, 0.4) is 0 Å². The lowest BCUT2D eigenvalue weighted by molar-refractivity contribution is 0.481. The van der Waals surface area contributed by atoms with E-state index in [1.165, 1.54) is 0 Å². The van der Waals surface area contributed by atoms with Gasteiger partial charge in [-0.25, -0.2) is 0 Å². The van der Waals surface area contributed by atoms with E-state index in [0.717, 1.165) is 19.5 Å². The van der Waals surface area contributed by atoms with Crippen molar-refractivity contribution in [3.05, 3.63) is 22.0 Å². The third-order valence-electron chi connectivity index (χ3n) is 1.63. The van der Waals surface area contributed by atoms with Crippen LogP contribution < -0.4 is 0 Å². The lowest BCUT2D eigenvalue weighted by atomic mass is 10.2. The normalized spacial score (nSPS) is 10.8. The molecule has 4 heteroatoms. The van der Waals surface area contributed by atoms with Crippen molar-refractivity contribution in [1.29, 1.82) is 0 Å². The Labute approximate surface area is 87.6 Å². The van der Waals surface area contributed by atoms with Gasteiger partial charge in [0.15, 0.2) is 0 Å². The molecule has 0 bridgehead atoms. The van der Waals surface area contributed by atoms with Crippen molar-refractivity contribution >= 4 is 50.0 Å². The first-order chi connectivity index (χ1) is 5.70. The number of fused-ring (bicyclic) bond motifs is 1. The molecule has 0 amide bonds. The Morgan fingerprint density at radius 2 is 2.17 bits per heavy atom. The third kappa shape index (κ3) is 1.14. The van der Waals surface area contributed by atoms with Crippen LogP contribution in [0.15, 0.2) is 26.9 Å². The monoisotopic (exact) mass is 260 g/mol. The van der Waals surface area contributed by atoms with E-state index < -0.39 is 0 Å². The fraction of sp³-hybridized carbons (Fsp3) is 0. The fourth-order valence-electron chi connectivity index (χ4n) is 1.08. The summed E-state index contributed by atoms with van der Waals surface area (Å²) in [6.07, 6.45) is 0. The lowest BCUT2D eigenvalue weighted by Crippen LogP contribution is -1.69. The van der Waals surface area contributed by atoms with Crippen LogP contribution >= 0.6 is 39.9 Å². The molecule has 0 radical (unpaired) electrons. The first-order valence-corrected chi connectivity index (χ1v) is 5.40. The molecule has 1 heterocycles. The predicted molar refractivity (Wildman–Crippen MR) is 58.4 cm³/mol. The Hall–Kier alpha value is -0.190. The molecule has 0 aliphatic carbocycles. The average Bonchev–Trinajstić information content (AvgIpc) is 2.42. The van der Waals surface area contributed by atoms with Crippen molar-refractivity contribution in [2.75, 3.05) is 0 Å². The third-order valence-corrected chi connectivity index (χ3v) is 4.10. The van der Waals surface area contributed by atoms with Crippen molar-refractivity contribution in [1.82, 2.24) is 0 Å². The fourth-order valence-corrected chi connectivity index (χ4v) is 3.01. The van der Waals surface area contributed by atoms with Crippen LogP contribution in [0.4, 0.5) is 0 Å². The van der Waals surface area contributed by atoms with Gasteiger partial charge in [-0.3, -0.25) is 0 Å². The molecule has 0 fully saturated rings. The molecule has 0 aliphatic heterocycles. The molecule has 1 N–H and O–H groups in total. The largest absolute Gasteiger partial charge is 0.507 e. The zero-order valence-electron chi connectivity index (χ0n) is 5.91. The zero-order valence-corrected chi connectivity index (χ0v) is 9.21. The molecule has 62 valence electrons. The minimum atomic E-state index is 0.291. The minimum Gasteiger partial charge on any atom is -0.507 e. The lowest BCUT2D eigenvalue weighted by Gasteiger charge is -1.97. The first kappa shape index (κ1) is 8.41. The van der Waals surface area contributed by atoms with Crippen LogP contribution in [-0.4, -0.2) is 5.11 Å². The second-order valence-electron chi connectivity index (χ2n) is 2.39. The SMILES string of the molecule is Oc1ccc(Br)c2scc(S)c12. The molecule has 0 unspecified atom stereocenters. The van der Waals surface area contributed by atoms with E-state index in [1.807, 2.05) is 11.4 Å². The number of hydrogen-bond acceptors (Lipinski definition) is 3. The number of phenolic OH excluding ortho intramolecular Hbond substituents is 1. The Bertz CT molecular complexity index is 436. The summed E-state index contributed by atoms with van der Waals surface area (Å²) in [5.41, 5.74) is 0. The maximum absolute atomic E-state index is 9.50. The van der Waals surface area contributed by atoms with E-state index in [0.29, 0.717) is 5.75 Å². The Morgan fingerprint density at radius 1 is 1.42 bits per heavy atom. The number of phenols is 1. The minimum absolute atomic E-state index is 0.291. The highest BCUT2D eigenvalue weighted by Crippen LogP contribution is 2.39. The van der Waals surface area contributed by atoms with Crippen molar-refractivity contribution in [2.24, 2.45) is 0 Å². The molecule has 0 atom stereocenters. The van der Waals surface area contributed by atoms with E-state index in [2.05, 4.69) is 28.6 Å². The van der Waals surface area contributed by atoms with E-state index in [9.17, 15) is 5.11 Å². The van der Waals surface area contributed by atoms with Crippen LogP contribution in [0, 0.1) is 0 Å². The van der Waals surface area contributed by atoms with Crippen LogP contribution in [0.25, 0.3) is 10.1 Å². The second kappa shape index (κ2) is 2.94. The maximum atomic E-state index is 9.50. The summed E-state index contributed by atoms with van der Waals surface area (Å²) in [7, 11) is 0. The summed E-state index contributed by atoms with van der Waals surface area (Å²) in [6.45, 7) is 0. The highest BCUT2D eigenvalue weighted by atomic mass is 79.9. The quantitative estimate of drug-likeness (QED) is 0.693. The zero-order chi connectivity index (χ0) is 8.72. The first-order valence-electron chi connectivity index (χ1n) is 3.28. The number of thiophene rings is 1. The standard InChI is InChI=1S/C8H5BrOS2/c9-4-1-2-5(10)7-6(11)3-12-8(4)7/h1-3,10-11H. The number of halogens is 1. The van der Waals surface area contributed by atoms with Crippen LogP contribution in [0.1, 0.15) is 0 Å². The summed E-state index contributed by atoms with van der Waals surface area (Å²) in [5, 5.41) is 12.2. The maximum Gasteiger partial charge on any atom is 0.125 e. The summed E-state index contributed by atoms with van der Waals surface area (Å²) < 4.78 is 2.04. The smallest absolute Gasteiger partial charge is 0.125 e. The van der Waals surface area contributed by atoms with E-state index in [1.54, 1.807) is 17.4 Å². The highest BCUT2D eigenvalue weighted by molar-refractivity contribution is 9.10. The van der Waals surface area contributed by atoms with Gasteiger partial charge in [-0.1, -0.05) is 0 Å². The number of thiol groups is 1. The van der Waals surface area contributed by atoms with Crippen LogP contribution in [0.5, 0.6) is 5.75 Å². The Balaban J connectivity index is 2.98. The molecule has 12 heavy (non-hydrogen) atoms. The van der Waals surface area contributed by atoms with Gasteiger partial charge < -0.3 is 5.11 Å². The predicted octanol–water partition coefficient (Wildman–Crippen LogP) is 3.66. The van der Waals surface area contributed by atoms with E-state index >= 15 is 0 Å². The van der Waals surface area contributed by atoms with Gasteiger partial charge >= 0.3 is 0 Å². The Kier molecular flexibility index (Phi) is 2.06. The molecule has 1 aromatic carbocycles. The molecule has 0 aliphatic rings. The molecule has 0 spiro atoms. The molecule has 0 saturated heterocycles. The number of hydrogen-bond donors (Lipinski definition) is 2. The second-order valence-corrected chi connectivity index (χ2v) is 4.61. The van der Waals surface area contributed by atoms with E-state index in [4.69, 9.17) is 0 Å². The molecular formula is C8H5BrOS2. The summed E-state index contributed by atoms with van der Waals surface area (Å²) >= 11 is 9.23. The van der Waals surface area contributed by atoms with Crippen LogP contribution in [-0.2, 0) is 0 Å². The number of aromatic hydroxyl groups is 1. The van der Waals surface area contributed by atoms with Crippen molar-refractivity contribution in [3.8, 4) is 5.75 Å². The molecule has 2 rings (SSSR count). The number of rotatable bonds is 0. The van der Waals surface area contributed by atoms with Gasteiger partial charge in [0.1, 0.15) is 5.75 Å². The number of benzene rings is 1. The summed E-state index contributed by atoms with van der Waals surface area (Å²) in [5.74, 6) is 0.291. The van der Waals surface area contributed by atoms with Gasteiger partial charge in [0.05, 0.1) is 4.70 Å². The molecule has 2 aromatic rings.